The fourth-order valence-corrected chi connectivity index (χ4v) is 3.13. The Morgan fingerprint density at radius 1 is 1.33 bits per heavy atom. The third-order valence-electron chi connectivity index (χ3n) is 4.12. The Labute approximate surface area is 107 Å². The van der Waals surface area contributed by atoms with Gasteiger partial charge < -0.3 is 9.64 Å². The Morgan fingerprint density at radius 2 is 2.06 bits per heavy atom. The number of anilines is 1. The van der Waals surface area contributed by atoms with Crippen LogP contribution in [0, 0.1) is 0 Å². The highest BCUT2D eigenvalue weighted by Gasteiger charge is 2.44. The van der Waals surface area contributed by atoms with Gasteiger partial charge in [0.25, 0.3) is 0 Å². The zero-order valence-electron chi connectivity index (χ0n) is 10.4. The topological polar surface area (TPSA) is 29.5 Å². The van der Waals surface area contributed by atoms with Crippen LogP contribution in [0.3, 0.4) is 0 Å². The molecule has 0 atom stereocenters. The molecule has 0 saturated carbocycles. The third-order valence-corrected chi connectivity index (χ3v) is 4.12. The molecule has 1 saturated heterocycles. The number of hydrogen-bond donors (Lipinski definition) is 0. The Hall–Kier alpha value is -1.61. The number of nitrogens with zero attached hydrogens (tertiary/aromatic N) is 1. The van der Waals surface area contributed by atoms with Gasteiger partial charge in [-0.1, -0.05) is 24.8 Å². The molecule has 1 aromatic carbocycles. The van der Waals surface area contributed by atoms with Crippen molar-refractivity contribution in [2.45, 2.75) is 18.3 Å². The Balaban J connectivity index is 2.06. The van der Waals surface area contributed by atoms with E-state index >= 15 is 0 Å². The normalized spacial score (nSPS) is 20.8. The van der Waals surface area contributed by atoms with Crippen molar-refractivity contribution < 1.29 is 9.53 Å². The van der Waals surface area contributed by atoms with E-state index in [1.165, 1.54) is 11.6 Å². The van der Waals surface area contributed by atoms with Crippen LogP contribution in [0.15, 0.2) is 36.9 Å². The van der Waals surface area contributed by atoms with Crippen molar-refractivity contribution >= 4 is 11.6 Å². The van der Waals surface area contributed by atoms with Crippen molar-refractivity contribution in [2.24, 2.45) is 0 Å². The summed E-state index contributed by atoms with van der Waals surface area (Å²) in [6.07, 6.45) is 3.38. The number of rotatable bonds is 1. The van der Waals surface area contributed by atoms with Gasteiger partial charge in [0.2, 0.25) is 5.91 Å². The Kier molecular flexibility index (Phi) is 2.71. The predicted octanol–water partition coefficient (Wildman–Crippen LogP) is 2.27. The van der Waals surface area contributed by atoms with Crippen molar-refractivity contribution in [3.05, 3.63) is 42.5 Å². The van der Waals surface area contributed by atoms with E-state index < -0.39 is 0 Å². The van der Waals surface area contributed by atoms with Crippen LogP contribution in [-0.2, 0) is 14.9 Å². The molecule has 0 N–H and O–H groups in total. The fraction of sp³-hybridized carbons (Fsp3) is 0.400. The summed E-state index contributed by atoms with van der Waals surface area (Å²) in [7, 11) is 0. The van der Waals surface area contributed by atoms with Gasteiger partial charge in [-0.2, -0.15) is 0 Å². The van der Waals surface area contributed by atoms with Crippen LogP contribution in [0.1, 0.15) is 18.4 Å². The van der Waals surface area contributed by atoms with E-state index in [-0.39, 0.29) is 11.3 Å². The molecule has 94 valence electrons. The number of fused-ring (bicyclic) bond motifs is 2. The van der Waals surface area contributed by atoms with Crippen molar-refractivity contribution in [3.8, 4) is 0 Å². The molecule has 0 bridgehead atoms. The summed E-state index contributed by atoms with van der Waals surface area (Å²) < 4.78 is 5.47. The second kappa shape index (κ2) is 4.25. The van der Waals surface area contributed by atoms with Crippen LogP contribution in [0.25, 0.3) is 0 Å². The minimum absolute atomic E-state index is 0.00850. The van der Waals surface area contributed by atoms with Gasteiger partial charge in [-0.3, -0.25) is 4.79 Å². The maximum atomic E-state index is 12.0. The number of hydrogen-bond acceptors (Lipinski definition) is 2. The summed E-state index contributed by atoms with van der Waals surface area (Å²) in [6.45, 7) is 5.92. The standard InChI is InChI=1S/C15H17NO2/c1-2-14(17)16-11-15(7-9-18-10-8-15)12-5-3-4-6-13(12)16/h2-6H,1,7-11H2. The summed E-state index contributed by atoms with van der Waals surface area (Å²) in [6, 6.07) is 8.22. The summed E-state index contributed by atoms with van der Waals surface area (Å²) in [5.74, 6) is -0.00850. The zero-order valence-corrected chi connectivity index (χ0v) is 10.4. The van der Waals surface area contributed by atoms with Crippen LogP contribution >= 0.6 is 0 Å². The summed E-state index contributed by atoms with van der Waals surface area (Å²) in [5.41, 5.74) is 2.43. The van der Waals surface area contributed by atoms with E-state index in [9.17, 15) is 4.79 Å². The quantitative estimate of drug-likeness (QED) is 0.708. The first-order chi connectivity index (χ1) is 8.77. The fourth-order valence-electron chi connectivity index (χ4n) is 3.13. The number of para-hydroxylation sites is 1. The number of ether oxygens (including phenoxy) is 1. The molecule has 18 heavy (non-hydrogen) atoms. The highest BCUT2D eigenvalue weighted by molar-refractivity contribution is 6.03. The highest BCUT2D eigenvalue weighted by atomic mass is 16.5. The van der Waals surface area contributed by atoms with E-state index in [2.05, 4.69) is 18.7 Å². The van der Waals surface area contributed by atoms with Gasteiger partial charge in [-0.15, -0.1) is 0 Å². The lowest BCUT2D eigenvalue weighted by molar-refractivity contribution is -0.114. The Bertz CT molecular complexity index is 489. The second-order valence-corrected chi connectivity index (χ2v) is 5.04. The molecule has 3 rings (SSSR count). The minimum Gasteiger partial charge on any atom is -0.381 e. The van der Waals surface area contributed by atoms with Gasteiger partial charge >= 0.3 is 0 Å². The maximum Gasteiger partial charge on any atom is 0.250 e. The predicted molar refractivity (Wildman–Crippen MR) is 70.7 cm³/mol. The smallest absolute Gasteiger partial charge is 0.250 e. The summed E-state index contributed by atoms with van der Waals surface area (Å²) in [5, 5.41) is 0. The van der Waals surface area contributed by atoms with Crippen LogP contribution in [0.4, 0.5) is 5.69 Å². The van der Waals surface area contributed by atoms with E-state index in [1.54, 1.807) is 0 Å². The first kappa shape index (κ1) is 11.5. The summed E-state index contributed by atoms with van der Waals surface area (Å²) in [4.78, 5) is 13.8. The molecule has 3 heteroatoms. The van der Waals surface area contributed by atoms with Crippen molar-refractivity contribution in [3.63, 3.8) is 0 Å². The zero-order chi connectivity index (χ0) is 12.6. The van der Waals surface area contributed by atoms with Crippen molar-refractivity contribution in [1.29, 1.82) is 0 Å². The Morgan fingerprint density at radius 3 is 2.78 bits per heavy atom. The van der Waals surface area contributed by atoms with Gasteiger partial charge in [0.15, 0.2) is 0 Å². The largest absolute Gasteiger partial charge is 0.381 e. The lowest BCUT2D eigenvalue weighted by Crippen LogP contribution is -2.40. The van der Waals surface area contributed by atoms with Crippen molar-refractivity contribution in [2.75, 3.05) is 24.7 Å². The van der Waals surface area contributed by atoms with Crippen LogP contribution < -0.4 is 4.90 Å². The average molecular weight is 243 g/mol. The van der Waals surface area contributed by atoms with E-state index in [4.69, 9.17) is 4.74 Å². The highest BCUT2D eigenvalue weighted by Crippen LogP contribution is 2.46. The van der Waals surface area contributed by atoms with E-state index in [1.807, 2.05) is 17.0 Å². The average Bonchev–Trinajstić information content (AvgIpc) is 2.74. The maximum absolute atomic E-state index is 12.0. The van der Waals surface area contributed by atoms with Crippen molar-refractivity contribution in [1.82, 2.24) is 0 Å². The molecule has 0 aromatic heterocycles. The van der Waals surface area contributed by atoms with Crippen LogP contribution in [0.5, 0.6) is 0 Å². The molecule has 2 heterocycles. The van der Waals surface area contributed by atoms with E-state index in [0.29, 0.717) is 0 Å². The summed E-state index contributed by atoms with van der Waals surface area (Å²) >= 11 is 0. The molecule has 1 spiro atoms. The van der Waals surface area contributed by atoms with Gasteiger partial charge in [0.05, 0.1) is 0 Å². The number of carbonyl (C=O) groups excluding carboxylic acids is 1. The third kappa shape index (κ3) is 1.58. The minimum atomic E-state index is -0.00850. The molecule has 1 fully saturated rings. The van der Waals surface area contributed by atoms with Gasteiger partial charge in [-0.05, 0) is 30.5 Å². The molecule has 1 amide bonds. The lowest BCUT2D eigenvalue weighted by atomic mass is 9.76. The van der Waals surface area contributed by atoms with Crippen LogP contribution in [-0.4, -0.2) is 25.7 Å². The molecule has 0 unspecified atom stereocenters. The molecule has 0 radical (unpaired) electrons. The van der Waals surface area contributed by atoms with Gasteiger partial charge in [-0.25, -0.2) is 0 Å². The number of benzene rings is 1. The number of carbonyl (C=O) groups is 1. The molecule has 2 aliphatic heterocycles. The molecule has 1 aromatic rings. The molecule has 3 nitrogen and oxygen atoms in total. The molecular weight excluding hydrogens is 226 g/mol. The SMILES string of the molecule is C=CC(=O)N1CC2(CCOCC2)c2ccccc21. The first-order valence-electron chi connectivity index (χ1n) is 6.38. The van der Waals surface area contributed by atoms with E-state index in [0.717, 1.165) is 38.3 Å². The first-order valence-corrected chi connectivity index (χ1v) is 6.38. The molecule has 2 aliphatic rings. The molecule has 0 aliphatic carbocycles. The van der Waals surface area contributed by atoms with Crippen LogP contribution in [0.2, 0.25) is 0 Å². The van der Waals surface area contributed by atoms with Gasteiger partial charge in [0, 0.05) is 30.9 Å². The second-order valence-electron chi connectivity index (χ2n) is 5.04. The monoisotopic (exact) mass is 243 g/mol. The number of amides is 1. The van der Waals surface area contributed by atoms with Gasteiger partial charge in [0.1, 0.15) is 0 Å². The molecular formula is C15H17NO2. The lowest BCUT2D eigenvalue weighted by Gasteiger charge is -2.34.